The molecule has 1 atom stereocenters. The SMILES string of the molecule is CC(C)CC(CO)NC(=O)NCC(C)(C)c1cccs1. The van der Waals surface area contributed by atoms with Crippen LogP contribution in [0.15, 0.2) is 17.5 Å². The van der Waals surface area contributed by atoms with Crippen LogP contribution in [0.1, 0.15) is 39.0 Å². The molecule has 0 radical (unpaired) electrons. The predicted molar refractivity (Wildman–Crippen MR) is 84.2 cm³/mol. The first-order chi connectivity index (χ1) is 9.35. The van der Waals surface area contributed by atoms with E-state index in [1.807, 2.05) is 11.4 Å². The Hall–Kier alpha value is -1.07. The van der Waals surface area contributed by atoms with Gasteiger partial charge in [-0.3, -0.25) is 0 Å². The number of thiophene rings is 1. The first-order valence-corrected chi connectivity index (χ1v) is 7.92. The van der Waals surface area contributed by atoms with Crippen molar-refractivity contribution < 1.29 is 9.90 Å². The number of nitrogens with one attached hydrogen (secondary N) is 2. The molecule has 5 heteroatoms. The number of aliphatic hydroxyl groups excluding tert-OH is 1. The molecule has 1 unspecified atom stereocenters. The Morgan fingerprint density at radius 1 is 1.45 bits per heavy atom. The van der Waals surface area contributed by atoms with Gasteiger partial charge in [0.25, 0.3) is 0 Å². The van der Waals surface area contributed by atoms with Crippen molar-refractivity contribution in [1.29, 1.82) is 0 Å². The molecule has 0 aliphatic heterocycles. The molecule has 4 nitrogen and oxygen atoms in total. The molecule has 0 saturated carbocycles. The summed E-state index contributed by atoms with van der Waals surface area (Å²) in [6.45, 7) is 8.90. The molecule has 1 rings (SSSR count). The summed E-state index contributed by atoms with van der Waals surface area (Å²) in [5.74, 6) is 0.440. The first-order valence-electron chi connectivity index (χ1n) is 7.04. The normalized spacial score (nSPS) is 13.3. The van der Waals surface area contributed by atoms with Gasteiger partial charge in [0, 0.05) is 16.8 Å². The minimum absolute atomic E-state index is 0.0279. The van der Waals surface area contributed by atoms with Crippen LogP contribution in [-0.2, 0) is 5.41 Å². The molecular weight excluding hydrogens is 272 g/mol. The topological polar surface area (TPSA) is 61.4 Å². The molecule has 0 bridgehead atoms. The molecule has 1 aromatic rings. The number of carbonyl (C=O) groups is 1. The Balaban J connectivity index is 2.43. The number of aliphatic hydroxyl groups is 1. The van der Waals surface area contributed by atoms with E-state index in [4.69, 9.17) is 0 Å². The van der Waals surface area contributed by atoms with Gasteiger partial charge in [-0.15, -0.1) is 11.3 Å². The van der Waals surface area contributed by atoms with Gasteiger partial charge in [0.2, 0.25) is 0 Å². The van der Waals surface area contributed by atoms with Crippen LogP contribution in [0.25, 0.3) is 0 Å². The van der Waals surface area contributed by atoms with Crippen molar-refractivity contribution in [3.8, 4) is 0 Å². The fourth-order valence-electron chi connectivity index (χ4n) is 2.04. The molecular formula is C15H26N2O2S. The minimum atomic E-state index is -0.214. The van der Waals surface area contributed by atoms with Crippen molar-refractivity contribution in [2.45, 2.75) is 45.6 Å². The molecule has 2 amide bonds. The van der Waals surface area contributed by atoms with Gasteiger partial charge in [-0.05, 0) is 23.8 Å². The largest absolute Gasteiger partial charge is 0.394 e. The zero-order valence-corrected chi connectivity index (χ0v) is 13.6. The van der Waals surface area contributed by atoms with Crippen LogP contribution < -0.4 is 10.6 Å². The number of hydrogen-bond donors (Lipinski definition) is 3. The Bertz CT molecular complexity index is 402. The molecule has 0 aliphatic rings. The molecule has 1 heterocycles. The summed E-state index contributed by atoms with van der Waals surface area (Å²) in [7, 11) is 0. The second-order valence-corrected chi connectivity index (χ2v) is 7.14. The van der Waals surface area contributed by atoms with Crippen molar-refractivity contribution in [3.63, 3.8) is 0 Å². The first kappa shape index (κ1) is 17.0. The number of amides is 2. The van der Waals surface area contributed by atoms with Crippen molar-refractivity contribution in [2.24, 2.45) is 5.92 Å². The van der Waals surface area contributed by atoms with Crippen molar-refractivity contribution >= 4 is 17.4 Å². The third kappa shape index (κ3) is 5.51. The second-order valence-electron chi connectivity index (χ2n) is 6.20. The van der Waals surface area contributed by atoms with Gasteiger partial charge in [-0.1, -0.05) is 33.8 Å². The van der Waals surface area contributed by atoms with Gasteiger partial charge < -0.3 is 15.7 Å². The van der Waals surface area contributed by atoms with E-state index in [1.54, 1.807) is 11.3 Å². The highest BCUT2D eigenvalue weighted by Gasteiger charge is 2.23. The average molecular weight is 298 g/mol. The number of urea groups is 1. The lowest BCUT2D eigenvalue weighted by Crippen LogP contribution is -2.47. The summed E-state index contributed by atoms with van der Waals surface area (Å²) < 4.78 is 0. The Morgan fingerprint density at radius 2 is 2.15 bits per heavy atom. The zero-order valence-electron chi connectivity index (χ0n) is 12.8. The molecule has 0 aromatic carbocycles. The van der Waals surface area contributed by atoms with Gasteiger partial charge in [0.1, 0.15) is 0 Å². The summed E-state index contributed by atoms with van der Waals surface area (Å²) in [6.07, 6.45) is 0.776. The minimum Gasteiger partial charge on any atom is -0.394 e. The van der Waals surface area contributed by atoms with Crippen LogP contribution in [0.3, 0.4) is 0 Å². The Morgan fingerprint density at radius 3 is 2.65 bits per heavy atom. The predicted octanol–water partition coefficient (Wildman–Crippen LogP) is 2.73. The highest BCUT2D eigenvalue weighted by Crippen LogP contribution is 2.26. The van der Waals surface area contributed by atoms with E-state index in [2.05, 4.69) is 44.4 Å². The molecule has 3 N–H and O–H groups in total. The van der Waals surface area contributed by atoms with Gasteiger partial charge in [-0.2, -0.15) is 0 Å². The van der Waals surface area contributed by atoms with Crippen LogP contribution in [0.4, 0.5) is 4.79 Å². The van der Waals surface area contributed by atoms with Crippen LogP contribution in [0.5, 0.6) is 0 Å². The Labute approximate surface area is 125 Å². The second kappa shape index (κ2) is 7.64. The molecule has 114 valence electrons. The lowest BCUT2D eigenvalue weighted by molar-refractivity contribution is 0.205. The third-order valence-electron chi connectivity index (χ3n) is 3.19. The third-order valence-corrected chi connectivity index (χ3v) is 4.43. The highest BCUT2D eigenvalue weighted by atomic mass is 32.1. The maximum atomic E-state index is 11.9. The zero-order chi connectivity index (χ0) is 15.2. The van der Waals surface area contributed by atoms with E-state index < -0.39 is 0 Å². The van der Waals surface area contributed by atoms with Gasteiger partial charge in [-0.25, -0.2) is 4.79 Å². The number of rotatable bonds is 7. The fourth-order valence-corrected chi connectivity index (χ4v) is 2.89. The average Bonchev–Trinajstić information content (AvgIpc) is 2.89. The molecule has 0 fully saturated rings. The Kier molecular flexibility index (Phi) is 6.49. The summed E-state index contributed by atoms with van der Waals surface area (Å²) in [5.41, 5.74) is -0.0851. The van der Waals surface area contributed by atoms with Crippen LogP contribution >= 0.6 is 11.3 Å². The van der Waals surface area contributed by atoms with Crippen molar-refractivity contribution in [3.05, 3.63) is 22.4 Å². The van der Waals surface area contributed by atoms with E-state index in [-0.39, 0.29) is 24.1 Å². The van der Waals surface area contributed by atoms with Crippen molar-refractivity contribution in [2.75, 3.05) is 13.2 Å². The molecule has 0 spiro atoms. The summed E-state index contributed by atoms with van der Waals surface area (Å²) in [4.78, 5) is 13.1. The maximum Gasteiger partial charge on any atom is 0.315 e. The smallest absolute Gasteiger partial charge is 0.315 e. The summed E-state index contributed by atoms with van der Waals surface area (Å²) in [6, 6.07) is 3.71. The van der Waals surface area contributed by atoms with Crippen molar-refractivity contribution in [1.82, 2.24) is 10.6 Å². The highest BCUT2D eigenvalue weighted by molar-refractivity contribution is 7.10. The quantitative estimate of drug-likeness (QED) is 0.725. The van der Waals surface area contributed by atoms with E-state index >= 15 is 0 Å². The molecule has 1 aromatic heterocycles. The van der Waals surface area contributed by atoms with E-state index in [0.29, 0.717) is 12.5 Å². The van der Waals surface area contributed by atoms with E-state index in [9.17, 15) is 9.90 Å². The molecule has 20 heavy (non-hydrogen) atoms. The monoisotopic (exact) mass is 298 g/mol. The number of hydrogen-bond acceptors (Lipinski definition) is 3. The standard InChI is InChI=1S/C15H26N2O2S/c1-11(2)8-12(9-18)17-14(19)16-10-15(3,4)13-6-5-7-20-13/h5-7,11-12,18H,8-10H2,1-4H3,(H2,16,17,19). The molecule has 0 saturated heterocycles. The summed E-state index contributed by atoms with van der Waals surface area (Å²) >= 11 is 1.70. The lowest BCUT2D eigenvalue weighted by Gasteiger charge is -2.25. The van der Waals surface area contributed by atoms with Crippen LogP contribution in [0.2, 0.25) is 0 Å². The summed E-state index contributed by atoms with van der Waals surface area (Å²) in [5, 5.41) is 17.0. The van der Waals surface area contributed by atoms with Gasteiger partial charge in [0.15, 0.2) is 0 Å². The van der Waals surface area contributed by atoms with Gasteiger partial charge >= 0.3 is 6.03 Å². The number of carbonyl (C=O) groups excluding carboxylic acids is 1. The fraction of sp³-hybridized carbons (Fsp3) is 0.667. The van der Waals surface area contributed by atoms with Crippen LogP contribution in [0, 0.1) is 5.92 Å². The van der Waals surface area contributed by atoms with Gasteiger partial charge in [0.05, 0.1) is 12.6 Å². The lowest BCUT2D eigenvalue weighted by atomic mass is 9.91. The molecule has 0 aliphatic carbocycles. The van der Waals surface area contributed by atoms with E-state index in [0.717, 1.165) is 6.42 Å². The maximum absolute atomic E-state index is 11.9. The van der Waals surface area contributed by atoms with Crippen LogP contribution in [-0.4, -0.2) is 30.3 Å². The van der Waals surface area contributed by atoms with E-state index in [1.165, 1.54) is 4.88 Å².